The average molecular weight is 335 g/mol. The molecule has 1 atom stereocenters. The molecule has 1 aliphatic heterocycles. The Labute approximate surface area is 140 Å². The van der Waals surface area contributed by atoms with Crippen molar-refractivity contribution in [1.82, 2.24) is 10.2 Å². The van der Waals surface area contributed by atoms with Gasteiger partial charge in [-0.3, -0.25) is 14.4 Å². The van der Waals surface area contributed by atoms with Gasteiger partial charge < -0.3 is 15.5 Å². The van der Waals surface area contributed by atoms with E-state index >= 15 is 0 Å². The summed E-state index contributed by atoms with van der Waals surface area (Å²) in [4.78, 5) is 37.5. The molecule has 6 nitrogen and oxygen atoms in total. The lowest BCUT2D eigenvalue weighted by molar-refractivity contribution is -0.130. The molecule has 0 aliphatic carbocycles. The molecule has 1 saturated heterocycles. The van der Waals surface area contributed by atoms with Crippen LogP contribution in [0, 0.1) is 0 Å². The van der Waals surface area contributed by atoms with Crippen LogP contribution in [-0.2, 0) is 9.59 Å². The van der Waals surface area contributed by atoms with Crippen molar-refractivity contribution >= 4 is 35.2 Å². The van der Waals surface area contributed by atoms with Crippen molar-refractivity contribution in [2.24, 2.45) is 0 Å². The fraction of sp³-hybridized carbons (Fsp3) is 0.438. The maximum absolute atomic E-state index is 12.3. The monoisotopic (exact) mass is 335 g/mol. The highest BCUT2D eigenvalue weighted by atomic mass is 32.2. The summed E-state index contributed by atoms with van der Waals surface area (Å²) in [5.74, 6) is 0.393. The fourth-order valence-corrected chi connectivity index (χ4v) is 3.00. The van der Waals surface area contributed by atoms with Crippen LogP contribution in [0.5, 0.6) is 0 Å². The first kappa shape index (κ1) is 17.3. The first-order valence-electron chi connectivity index (χ1n) is 7.56. The molecule has 0 aromatic heterocycles. The lowest BCUT2D eigenvalue weighted by Gasteiger charge is -2.17. The minimum atomic E-state index is -0.301. The number of hydrogen-bond donors (Lipinski definition) is 2. The first-order valence-corrected chi connectivity index (χ1v) is 8.72. The van der Waals surface area contributed by atoms with Gasteiger partial charge in [0.05, 0.1) is 22.9 Å². The summed E-state index contributed by atoms with van der Waals surface area (Å²) in [5.41, 5.74) is 0.876. The van der Waals surface area contributed by atoms with Crippen molar-refractivity contribution in [2.75, 3.05) is 23.5 Å². The molecule has 124 valence electrons. The number of benzene rings is 1. The van der Waals surface area contributed by atoms with Gasteiger partial charge in [0.2, 0.25) is 11.8 Å². The van der Waals surface area contributed by atoms with Crippen LogP contribution in [0.25, 0.3) is 0 Å². The number of amides is 3. The third kappa shape index (κ3) is 4.72. The van der Waals surface area contributed by atoms with E-state index in [0.717, 1.165) is 6.42 Å². The molecular weight excluding hydrogens is 314 g/mol. The van der Waals surface area contributed by atoms with Gasteiger partial charge >= 0.3 is 0 Å². The molecule has 1 heterocycles. The van der Waals surface area contributed by atoms with Gasteiger partial charge in [0.15, 0.2) is 0 Å². The summed E-state index contributed by atoms with van der Waals surface area (Å²) in [5, 5.41) is 5.61. The molecule has 0 spiro atoms. The largest absolute Gasteiger partial charge is 0.350 e. The van der Waals surface area contributed by atoms with Crippen LogP contribution in [0.15, 0.2) is 24.3 Å². The van der Waals surface area contributed by atoms with Crippen molar-refractivity contribution < 1.29 is 14.4 Å². The van der Waals surface area contributed by atoms with Gasteiger partial charge in [-0.1, -0.05) is 19.1 Å². The molecule has 7 heteroatoms. The summed E-state index contributed by atoms with van der Waals surface area (Å²) in [6.45, 7) is 3.92. The molecule has 2 rings (SSSR count). The van der Waals surface area contributed by atoms with Gasteiger partial charge in [-0.25, -0.2) is 0 Å². The molecule has 3 amide bonds. The fourth-order valence-electron chi connectivity index (χ4n) is 2.10. The van der Waals surface area contributed by atoms with Crippen LogP contribution >= 0.6 is 11.8 Å². The maximum Gasteiger partial charge on any atom is 0.253 e. The summed E-state index contributed by atoms with van der Waals surface area (Å²) < 4.78 is 0. The number of rotatable bonds is 6. The molecule has 23 heavy (non-hydrogen) atoms. The maximum atomic E-state index is 12.3. The second-order valence-electron chi connectivity index (χ2n) is 5.45. The summed E-state index contributed by atoms with van der Waals surface area (Å²) in [6, 6.07) is 6.92. The van der Waals surface area contributed by atoms with Gasteiger partial charge in [-0.2, -0.15) is 0 Å². The minimum absolute atomic E-state index is 0.00709. The third-order valence-corrected chi connectivity index (χ3v) is 4.54. The molecule has 1 aromatic rings. The van der Waals surface area contributed by atoms with Crippen molar-refractivity contribution in [3.8, 4) is 0 Å². The number of carbonyl (C=O) groups excluding carboxylic acids is 3. The number of thioether (sulfide) groups is 1. The molecule has 0 saturated carbocycles. The van der Waals surface area contributed by atoms with Crippen molar-refractivity contribution in [2.45, 2.75) is 26.3 Å². The Kier molecular flexibility index (Phi) is 6.04. The molecule has 1 fully saturated rings. The highest BCUT2D eigenvalue weighted by Crippen LogP contribution is 2.17. The van der Waals surface area contributed by atoms with Crippen LogP contribution in [0.1, 0.15) is 30.6 Å². The summed E-state index contributed by atoms with van der Waals surface area (Å²) in [7, 11) is 0. The summed E-state index contributed by atoms with van der Waals surface area (Å²) in [6.07, 6.45) is 0.828. The normalized spacial score (nSPS) is 15.4. The summed E-state index contributed by atoms with van der Waals surface area (Å²) >= 11 is 1.49. The molecule has 1 unspecified atom stereocenters. The Morgan fingerprint density at radius 1 is 1.35 bits per heavy atom. The van der Waals surface area contributed by atoms with Gasteiger partial charge in [0.1, 0.15) is 6.54 Å². The number of nitrogens with one attached hydrogen (secondary N) is 2. The van der Waals surface area contributed by atoms with E-state index in [-0.39, 0.29) is 30.3 Å². The predicted octanol–water partition coefficient (Wildman–Crippen LogP) is 1.69. The van der Waals surface area contributed by atoms with Crippen LogP contribution < -0.4 is 10.6 Å². The minimum Gasteiger partial charge on any atom is -0.350 e. The van der Waals surface area contributed by atoms with E-state index < -0.39 is 0 Å². The molecule has 0 radical (unpaired) electrons. The second kappa shape index (κ2) is 8.01. The van der Waals surface area contributed by atoms with Gasteiger partial charge in [-0.15, -0.1) is 11.8 Å². The Morgan fingerprint density at radius 2 is 2.09 bits per heavy atom. The SMILES string of the molecule is CCC(C)NC(=O)c1ccccc1NC(=O)CN1CSCC1=O. The van der Waals surface area contributed by atoms with Crippen molar-refractivity contribution in [1.29, 1.82) is 0 Å². The number of nitrogens with zero attached hydrogens (tertiary/aromatic N) is 1. The third-order valence-electron chi connectivity index (χ3n) is 3.60. The van der Waals surface area contributed by atoms with Crippen molar-refractivity contribution in [3.05, 3.63) is 29.8 Å². The quantitative estimate of drug-likeness (QED) is 0.829. The van der Waals surface area contributed by atoms with E-state index in [2.05, 4.69) is 10.6 Å². The van der Waals surface area contributed by atoms with Crippen LogP contribution in [-0.4, -0.2) is 46.8 Å². The Bertz CT molecular complexity index is 606. The smallest absolute Gasteiger partial charge is 0.253 e. The first-order chi connectivity index (χ1) is 11.0. The van der Waals surface area contributed by atoms with E-state index in [4.69, 9.17) is 0 Å². The standard InChI is InChI=1S/C16H21N3O3S/c1-3-11(2)17-16(22)12-6-4-5-7-13(12)18-14(20)8-19-10-23-9-15(19)21/h4-7,11H,3,8-10H2,1-2H3,(H,17,22)(H,18,20). The Hall–Kier alpha value is -2.02. The van der Waals surface area contributed by atoms with Crippen LogP contribution in [0.2, 0.25) is 0 Å². The lowest BCUT2D eigenvalue weighted by atomic mass is 10.1. The molecule has 1 aromatic carbocycles. The molecular formula is C16H21N3O3S. The molecule has 2 N–H and O–H groups in total. The topological polar surface area (TPSA) is 78.5 Å². The van der Waals surface area contributed by atoms with E-state index in [0.29, 0.717) is 22.9 Å². The Balaban J connectivity index is 2.03. The van der Waals surface area contributed by atoms with E-state index in [1.165, 1.54) is 16.7 Å². The Morgan fingerprint density at radius 3 is 2.74 bits per heavy atom. The number of anilines is 1. The average Bonchev–Trinajstić information content (AvgIpc) is 2.92. The van der Waals surface area contributed by atoms with Crippen LogP contribution in [0.4, 0.5) is 5.69 Å². The molecule has 1 aliphatic rings. The van der Waals surface area contributed by atoms with Gasteiger partial charge in [0, 0.05) is 6.04 Å². The lowest BCUT2D eigenvalue weighted by Crippen LogP contribution is -2.35. The number of para-hydroxylation sites is 1. The van der Waals surface area contributed by atoms with E-state index in [1.54, 1.807) is 24.3 Å². The second-order valence-corrected chi connectivity index (χ2v) is 6.40. The van der Waals surface area contributed by atoms with E-state index in [1.807, 2.05) is 13.8 Å². The zero-order valence-corrected chi connectivity index (χ0v) is 14.1. The van der Waals surface area contributed by atoms with Gasteiger partial charge in [0.25, 0.3) is 5.91 Å². The number of hydrogen-bond acceptors (Lipinski definition) is 4. The van der Waals surface area contributed by atoms with Gasteiger partial charge in [-0.05, 0) is 25.5 Å². The van der Waals surface area contributed by atoms with E-state index in [9.17, 15) is 14.4 Å². The zero-order valence-electron chi connectivity index (χ0n) is 13.3. The van der Waals surface area contributed by atoms with Crippen LogP contribution in [0.3, 0.4) is 0 Å². The highest BCUT2D eigenvalue weighted by Gasteiger charge is 2.23. The van der Waals surface area contributed by atoms with Crippen molar-refractivity contribution in [3.63, 3.8) is 0 Å². The number of carbonyl (C=O) groups is 3. The zero-order chi connectivity index (χ0) is 16.8. The molecule has 0 bridgehead atoms. The highest BCUT2D eigenvalue weighted by molar-refractivity contribution is 8.00. The predicted molar refractivity (Wildman–Crippen MR) is 91.3 cm³/mol.